The minimum Gasteiger partial charge on any atom is -0.481 e. The number of hydrogen-bond acceptors (Lipinski definition) is 3. The van der Waals surface area contributed by atoms with Crippen LogP contribution in [0.1, 0.15) is 12.5 Å². The number of nitrogens with one attached hydrogen (secondary N) is 1. The maximum Gasteiger partial charge on any atom is 0.261 e. The summed E-state index contributed by atoms with van der Waals surface area (Å²) < 4.78 is 10.6. The Kier molecular flexibility index (Phi) is 3.64. The molecule has 0 aromatic heterocycles. The van der Waals surface area contributed by atoms with Crippen LogP contribution in [0, 0.1) is 6.92 Å². The van der Waals surface area contributed by atoms with Gasteiger partial charge >= 0.3 is 0 Å². The summed E-state index contributed by atoms with van der Waals surface area (Å²) in [5, 5.41) is 2.86. The van der Waals surface area contributed by atoms with E-state index in [1.165, 1.54) is 0 Å². The second-order valence-corrected chi connectivity index (χ2v) is 4.32. The highest BCUT2D eigenvalue weighted by Crippen LogP contribution is 2.14. The first-order valence-corrected chi connectivity index (χ1v) is 5.76. The van der Waals surface area contributed by atoms with Gasteiger partial charge in [-0.25, -0.2) is 0 Å². The summed E-state index contributed by atoms with van der Waals surface area (Å²) in [5.74, 6) is 0.623. The monoisotopic (exact) mass is 235 g/mol. The van der Waals surface area contributed by atoms with Crippen LogP contribution in [0.15, 0.2) is 24.3 Å². The van der Waals surface area contributed by atoms with E-state index in [4.69, 9.17) is 9.47 Å². The Labute approximate surface area is 101 Å². The van der Waals surface area contributed by atoms with Crippen LogP contribution in [0.5, 0.6) is 5.75 Å². The maximum atomic E-state index is 11.7. The van der Waals surface area contributed by atoms with Crippen LogP contribution in [-0.2, 0) is 9.53 Å². The second kappa shape index (κ2) is 5.19. The summed E-state index contributed by atoms with van der Waals surface area (Å²) in [6.45, 7) is 4.94. The van der Waals surface area contributed by atoms with Crippen LogP contribution in [-0.4, -0.2) is 31.3 Å². The van der Waals surface area contributed by atoms with E-state index in [0.29, 0.717) is 13.2 Å². The van der Waals surface area contributed by atoms with Crippen LogP contribution in [0.2, 0.25) is 0 Å². The molecule has 0 bridgehead atoms. The normalized spacial score (nSPS) is 17.1. The van der Waals surface area contributed by atoms with Crippen molar-refractivity contribution in [3.05, 3.63) is 29.8 Å². The zero-order valence-electron chi connectivity index (χ0n) is 10.1. The van der Waals surface area contributed by atoms with E-state index in [-0.39, 0.29) is 11.9 Å². The molecule has 1 aromatic carbocycles. The topological polar surface area (TPSA) is 47.6 Å². The van der Waals surface area contributed by atoms with Gasteiger partial charge in [0.15, 0.2) is 6.10 Å². The highest BCUT2D eigenvalue weighted by Gasteiger charge is 2.23. The fraction of sp³-hybridized carbons (Fsp3) is 0.462. The Morgan fingerprint density at radius 1 is 1.53 bits per heavy atom. The van der Waals surface area contributed by atoms with Gasteiger partial charge in [-0.15, -0.1) is 0 Å². The van der Waals surface area contributed by atoms with E-state index in [1.807, 2.05) is 31.2 Å². The van der Waals surface area contributed by atoms with Gasteiger partial charge in [-0.1, -0.05) is 12.1 Å². The summed E-state index contributed by atoms with van der Waals surface area (Å²) in [6.07, 6.45) is -0.489. The van der Waals surface area contributed by atoms with E-state index in [1.54, 1.807) is 6.92 Å². The second-order valence-electron chi connectivity index (χ2n) is 4.32. The number of benzene rings is 1. The van der Waals surface area contributed by atoms with Crippen LogP contribution in [0.25, 0.3) is 0 Å². The lowest BCUT2D eigenvalue weighted by atomic mass is 10.2. The molecule has 1 aromatic rings. The van der Waals surface area contributed by atoms with E-state index in [2.05, 4.69) is 5.32 Å². The van der Waals surface area contributed by atoms with Crippen LogP contribution >= 0.6 is 0 Å². The number of rotatable bonds is 4. The Morgan fingerprint density at radius 3 is 2.88 bits per heavy atom. The van der Waals surface area contributed by atoms with E-state index >= 15 is 0 Å². The molecular formula is C13H17NO3. The van der Waals surface area contributed by atoms with Gasteiger partial charge in [0.25, 0.3) is 5.91 Å². The quantitative estimate of drug-likeness (QED) is 0.855. The summed E-state index contributed by atoms with van der Waals surface area (Å²) >= 11 is 0. The lowest BCUT2D eigenvalue weighted by Crippen LogP contribution is -2.51. The maximum absolute atomic E-state index is 11.7. The van der Waals surface area contributed by atoms with E-state index in [0.717, 1.165) is 11.3 Å². The van der Waals surface area contributed by atoms with Crippen molar-refractivity contribution in [2.45, 2.75) is 26.0 Å². The van der Waals surface area contributed by atoms with Crippen molar-refractivity contribution in [1.29, 1.82) is 0 Å². The van der Waals surface area contributed by atoms with Gasteiger partial charge in [-0.3, -0.25) is 4.79 Å². The zero-order valence-corrected chi connectivity index (χ0v) is 10.1. The third kappa shape index (κ3) is 3.20. The smallest absolute Gasteiger partial charge is 0.261 e. The first kappa shape index (κ1) is 11.9. The molecule has 1 aliphatic rings. The average Bonchev–Trinajstić information content (AvgIpc) is 2.23. The molecule has 1 heterocycles. The molecule has 1 atom stereocenters. The molecule has 1 aliphatic heterocycles. The Bertz CT molecular complexity index is 401. The van der Waals surface area contributed by atoms with Gasteiger partial charge in [-0.05, 0) is 31.5 Å². The van der Waals surface area contributed by atoms with Crippen LogP contribution in [0.4, 0.5) is 0 Å². The van der Waals surface area contributed by atoms with Gasteiger partial charge in [0.1, 0.15) is 5.75 Å². The van der Waals surface area contributed by atoms with Gasteiger partial charge in [0.05, 0.1) is 19.3 Å². The summed E-state index contributed by atoms with van der Waals surface area (Å²) in [4.78, 5) is 11.7. The SMILES string of the molecule is Cc1cccc(OC(C)C(=O)NC2COC2)c1. The van der Waals surface area contributed by atoms with Gasteiger partial charge in [0.2, 0.25) is 0 Å². The molecule has 1 amide bonds. The lowest BCUT2D eigenvalue weighted by Gasteiger charge is -2.28. The van der Waals surface area contributed by atoms with E-state index in [9.17, 15) is 4.79 Å². The summed E-state index contributed by atoms with van der Waals surface area (Å²) in [5.41, 5.74) is 1.11. The first-order chi connectivity index (χ1) is 8.15. The van der Waals surface area contributed by atoms with Crippen molar-refractivity contribution in [1.82, 2.24) is 5.32 Å². The Morgan fingerprint density at radius 2 is 2.29 bits per heavy atom. The largest absolute Gasteiger partial charge is 0.481 e. The van der Waals surface area contributed by atoms with Crippen molar-refractivity contribution < 1.29 is 14.3 Å². The molecule has 4 nitrogen and oxygen atoms in total. The van der Waals surface area contributed by atoms with Crippen LogP contribution < -0.4 is 10.1 Å². The fourth-order valence-electron chi connectivity index (χ4n) is 1.58. The molecule has 1 fully saturated rings. The molecule has 92 valence electrons. The lowest BCUT2D eigenvalue weighted by molar-refractivity contribution is -0.131. The van der Waals surface area contributed by atoms with Crippen molar-refractivity contribution >= 4 is 5.91 Å². The number of ether oxygens (including phenoxy) is 2. The summed E-state index contributed by atoms with van der Waals surface area (Å²) in [6, 6.07) is 7.81. The third-order valence-electron chi connectivity index (χ3n) is 2.66. The highest BCUT2D eigenvalue weighted by atomic mass is 16.5. The zero-order chi connectivity index (χ0) is 12.3. The predicted octanol–water partition coefficient (Wildman–Crippen LogP) is 1.28. The summed E-state index contributed by atoms with van der Waals surface area (Å²) in [7, 11) is 0. The first-order valence-electron chi connectivity index (χ1n) is 5.76. The standard InChI is InChI=1S/C13H17NO3/c1-9-4-3-5-12(6-9)17-10(2)13(15)14-11-7-16-8-11/h3-6,10-11H,7-8H2,1-2H3,(H,14,15). The van der Waals surface area contributed by atoms with Gasteiger partial charge in [0, 0.05) is 0 Å². The molecule has 4 heteroatoms. The predicted molar refractivity (Wildman–Crippen MR) is 64.0 cm³/mol. The minimum atomic E-state index is -0.489. The fourth-order valence-corrected chi connectivity index (χ4v) is 1.58. The van der Waals surface area contributed by atoms with Crippen molar-refractivity contribution in [2.75, 3.05) is 13.2 Å². The molecule has 0 radical (unpaired) electrons. The molecule has 1 N–H and O–H groups in total. The highest BCUT2D eigenvalue weighted by molar-refractivity contribution is 5.81. The number of amides is 1. The molecule has 1 unspecified atom stereocenters. The molecule has 0 spiro atoms. The minimum absolute atomic E-state index is 0.0974. The molecule has 2 rings (SSSR count). The Balaban J connectivity index is 1.87. The molecular weight excluding hydrogens is 218 g/mol. The van der Waals surface area contributed by atoms with Gasteiger partial charge in [-0.2, -0.15) is 0 Å². The molecule has 0 aliphatic carbocycles. The molecule has 0 saturated carbocycles. The number of carbonyl (C=O) groups excluding carboxylic acids is 1. The van der Waals surface area contributed by atoms with Crippen LogP contribution in [0.3, 0.4) is 0 Å². The number of carbonyl (C=O) groups is 1. The average molecular weight is 235 g/mol. The van der Waals surface area contributed by atoms with E-state index < -0.39 is 6.10 Å². The van der Waals surface area contributed by atoms with Crippen molar-refractivity contribution in [3.8, 4) is 5.75 Å². The van der Waals surface area contributed by atoms with Gasteiger partial charge < -0.3 is 14.8 Å². The van der Waals surface area contributed by atoms with Crippen molar-refractivity contribution in [3.63, 3.8) is 0 Å². The number of hydrogen-bond donors (Lipinski definition) is 1. The third-order valence-corrected chi connectivity index (χ3v) is 2.66. The Hall–Kier alpha value is -1.55. The molecule has 17 heavy (non-hydrogen) atoms. The molecule has 1 saturated heterocycles. The van der Waals surface area contributed by atoms with Crippen molar-refractivity contribution in [2.24, 2.45) is 0 Å². The number of aryl methyl sites for hydroxylation is 1.